The van der Waals surface area contributed by atoms with Gasteiger partial charge in [-0.2, -0.15) is 0 Å². The molecule has 1 aliphatic heterocycles. The van der Waals surface area contributed by atoms with E-state index < -0.39 is 6.10 Å². The molecule has 7 heteroatoms. The smallest absolute Gasteiger partial charge is 0.250 e. The minimum absolute atomic E-state index is 0.0630. The predicted molar refractivity (Wildman–Crippen MR) is 75.5 cm³/mol. The van der Waals surface area contributed by atoms with Crippen molar-refractivity contribution in [3.63, 3.8) is 0 Å². The van der Waals surface area contributed by atoms with Crippen molar-refractivity contribution in [2.75, 3.05) is 26.2 Å². The zero-order chi connectivity index (χ0) is 15.4. The number of aliphatic hydroxyl groups is 1. The summed E-state index contributed by atoms with van der Waals surface area (Å²) >= 11 is 0. The van der Waals surface area contributed by atoms with Crippen molar-refractivity contribution in [3.8, 4) is 0 Å². The first-order valence-electron chi connectivity index (χ1n) is 6.84. The van der Waals surface area contributed by atoms with Crippen LogP contribution in [-0.4, -0.2) is 63.6 Å². The third-order valence-corrected chi connectivity index (χ3v) is 3.50. The highest BCUT2D eigenvalue weighted by molar-refractivity contribution is 5.76. The van der Waals surface area contributed by atoms with E-state index in [4.69, 9.17) is 0 Å². The molecule has 1 atom stereocenters. The average molecular weight is 293 g/mol. The number of hydrogen-bond acceptors (Lipinski definition) is 4. The van der Waals surface area contributed by atoms with Gasteiger partial charge in [0.1, 0.15) is 6.54 Å². The van der Waals surface area contributed by atoms with Crippen molar-refractivity contribution < 1.29 is 14.7 Å². The normalized spacial score (nSPS) is 19.2. The van der Waals surface area contributed by atoms with E-state index in [0.717, 1.165) is 0 Å². The second-order valence-electron chi connectivity index (χ2n) is 5.13. The van der Waals surface area contributed by atoms with Gasteiger partial charge in [-0.05, 0) is 6.07 Å². The Hall–Kier alpha value is -2.15. The zero-order valence-corrected chi connectivity index (χ0v) is 11.9. The molecule has 0 unspecified atom stereocenters. The number of carbonyl (C=O) groups is 2. The first kappa shape index (κ1) is 15.2. The van der Waals surface area contributed by atoms with Gasteiger partial charge in [0.2, 0.25) is 11.8 Å². The first-order chi connectivity index (χ1) is 9.97. The number of carbonyl (C=O) groups excluding carboxylic acids is 2. The minimum Gasteiger partial charge on any atom is -0.389 e. The van der Waals surface area contributed by atoms with Crippen LogP contribution in [0.5, 0.6) is 0 Å². The zero-order valence-electron chi connectivity index (χ0n) is 11.9. The van der Waals surface area contributed by atoms with Gasteiger partial charge in [-0.25, -0.2) is 0 Å². The number of pyridine rings is 1. The summed E-state index contributed by atoms with van der Waals surface area (Å²) < 4.78 is 1.32. The lowest BCUT2D eigenvalue weighted by Crippen LogP contribution is -2.40. The third-order valence-electron chi connectivity index (χ3n) is 3.50. The SMILES string of the molecule is CC(=O)N1CCN(C(=O)Cn2ccccc2=O)C[C@H](O)C1. The maximum atomic E-state index is 12.2. The number of amides is 2. The fourth-order valence-corrected chi connectivity index (χ4v) is 2.34. The molecule has 0 aliphatic carbocycles. The molecule has 21 heavy (non-hydrogen) atoms. The summed E-state index contributed by atoms with van der Waals surface area (Å²) in [6.07, 6.45) is 0.781. The van der Waals surface area contributed by atoms with Crippen LogP contribution < -0.4 is 5.56 Å². The van der Waals surface area contributed by atoms with Crippen LogP contribution in [0.4, 0.5) is 0 Å². The standard InChI is InChI=1S/C14H19N3O4/c1-11(18)15-6-7-17(9-12(19)8-15)14(21)10-16-5-3-2-4-13(16)20/h2-5,12,19H,6-10H2,1H3/t12-/m1/s1. The predicted octanol–water partition coefficient (Wildman–Crippen LogP) is -1.10. The van der Waals surface area contributed by atoms with E-state index in [2.05, 4.69) is 0 Å². The molecular formula is C14H19N3O4. The lowest BCUT2D eigenvalue weighted by atomic mass is 10.3. The van der Waals surface area contributed by atoms with Gasteiger partial charge in [0, 0.05) is 45.4 Å². The molecule has 0 bridgehead atoms. The largest absolute Gasteiger partial charge is 0.389 e. The van der Waals surface area contributed by atoms with Crippen molar-refractivity contribution in [2.45, 2.75) is 19.6 Å². The first-order valence-corrected chi connectivity index (χ1v) is 6.84. The van der Waals surface area contributed by atoms with Crippen LogP contribution >= 0.6 is 0 Å². The van der Waals surface area contributed by atoms with Gasteiger partial charge in [-0.3, -0.25) is 14.4 Å². The van der Waals surface area contributed by atoms with E-state index in [-0.39, 0.29) is 37.0 Å². The second-order valence-corrected chi connectivity index (χ2v) is 5.13. The number of β-amino-alcohol motifs (C(OH)–C–C–N with tert-alkyl or cyclic N) is 1. The lowest BCUT2D eigenvalue weighted by molar-refractivity contribution is -0.133. The quantitative estimate of drug-likeness (QED) is 0.750. The maximum absolute atomic E-state index is 12.2. The highest BCUT2D eigenvalue weighted by atomic mass is 16.3. The Morgan fingerprint density at radius 3 is 2.57 bits per heavy atom. The molecule has 2 amide bonds. The maximum Gasteiger partial charge on any atom is 0.250 e. The second kappa shape index (κ2) is 6.53. The summed E-state index contributed by atoms with van der Waals surface area (Å²) in [4.78, 5) is 38.2. The Morgan fingerprint density at radius 1 is 1.24 bits per heavy atom. The molecule has 1 N–H and O–H groups in total. The molecule has 0 radical (unpaired) electrons. The van der Waals surface area contributed by atoms with Crippen molar-refractivity contribution in [1.29, 1.82) is 0 Å². The Bertz CT molecular complexity index is 584. The van der Waals surface area contributed by atoms with Gasteiger partial charge in [0.25, 0.3) is 5.56 Å². The van der Waals surface area contributed by atoms with Crippen molar-refractivity contribution in [2.24, 2.45) is 0 Å². The molecule has 7 nitrogen and oxygen atoms in total. The van der Waals surface area contributed by atoms with Gasteiger partial charge in [0.15, 0.2) is 0 Å². The lowest BCUT2D eigenvalue weighted by Gasteiger charge is -2.22. The van der Waals surface area contributed by atoms with Crippen molar-refractivity contribution >= 4 is 11.8 Å². The van der Waals surface area contributed by atoms with Crippen LogP contribution in [0.15, 0.2) is 29.2 Å². The summed E-state index contributed by atoms with van der Waals surface area (Å²) in [7, 11) is 0. The van der Waals surface area contributed by atoms with Crippen LogP contribution in [0, 0.1) is 0 Å². The Kier molecular flexibility index (Phi) is 4.74. The van der Waals surface area contributed by atoms with E-state index in [1.54, 1.807) is 18.3 Å². The summed E-state index contributed by atoms with van der Waals surface area (Å²) in [5.41, 5.74) is -0.244. The van der Waals surface area contributed by atoms with E-state index in [0.29, 0.717) is 13.1 Å². The topological polar surface area (TPSA) is 82.9 Å². The van der Waals surface area contributed by atoms with Gasteiger partial charge in [-0.15, -0.1) is 0 Å². The molecule has 1 aliphatic rings. The van der Waals surface area contributed by atoms with Crippen molar-refractivity contribution in [1.82, 2.24) is 14.4 Å². The molecule has 1 aromatic rings. The molecule has 0 spiro atoms. The Labute approximate surface area is 122 Å². The van der Waals surface area contributed by atoms with E-state index in [1.807, 2.05) is 0 Å². The Balaban J connectivity index is 2.04. The third kappa shape index (κ3) is 3.91. The molecule has 2 heterocycles. The summed E-state index contributed by atoms with van der Waals surface area (Å²) in [5.74, 6) is -0.365. The van der Waals surface area contributed by atoms with Gasteiger partial charge in [0.05, 0.1) is 6.10 Å². The Morgan fingerprint density at radius 2 is 1.90 bits per heavy atom. The molecule has 1 saturated heterocycles. The van der Waals surface area contributed by atoms with Crippen LogP contribution in [0.25, 0.3) is 0 Å². The highest BCUT2D eigenvalue weighted by Crippen LogP contribution is 2.05. The van der Waals surface area contributed by atoms with Crippen LogP contribution in [0.3, 0.4) is 0 Å². The van der Waals surface area contributed by atoms with Crippen LogP contribution in [0.1, 0.15) is 6.92 Å². The summed E-state index contributed by atoms with van der Waals surface area (Å²) in [6.45, 7) is 2.52. The van der Waals surface area contributed by atoms with Crippen LogP contribution in [0.2, 0.25) is 0 Å². The fraction of sp³-hybridized carbons (Fsp3) is 0.500. The molecule has 1 aromatic heterocycles. The number of aromatic nitrogens is 1. The number of hydrogen-bond donors (Lipinski definition) is 1. The van der Waals surface area contributed by atoms with E-state index in [9.17, 15) is 19.5 Å². The van der Waals surface area contributed by atoms with Gasteiger partial charge in [-0.1, -0.05) is 6.07 Å². The molecule has 2 rings (SSSR count). The molecule has 114 valence electrons. The van der Waals surface area contributed by atoms with Gasteiger partial charge < -0.3 is 19.5 Å². The molecule has 1 fully saturated rings. The van der Waals surface area contributed by atoms with Crippen molar-refractivity contribution in [3.05, 3.63) is 34.7 Å². The van der Waals surface area contributed by atoms with Crippen LogP contribution in [-0.2, 0) is 16.1 Å². The molecular weight excluding hydrogens is 274 g/mol. The number of nitrogens with zero attached hydrogens (tertiary/aromatic N) is 3. The highest BCUT2D eigenvalue weighted by Gasteiger charge is 2.25. The monoisotopic (exact) mass is 293 g/mol. The molecule has 0 aromatic carbocycles. The number of aliphatic hydroxyl groups excluding tert-OH is 1. The summed E-state index contributed by atoms with van der Waals surface area (Å²) in [5, 5.41) is 9.89. The van der Waals surface area contributed by atoms with E-state index in [1.165, 1.54) is 27.4 Å². The fourth-order valence-electron chi connectivity index (χ4n) is 2.34. The number of rotatable bonds is 2. The van der Waals surface area contributed by atoms with Gasteiger partial charge >= 0.3 is 0 Å². The average Bonchev–Trinajstić information content (AvgIpc) is 2.63. The van der Waals surface area contributed by atoms with E-state index >= 15 is 0 Å². The minimum atomic E-state index is -0.771. The molecule has 0 saturated carbocycles. The summed E-state index contributed by atoms with van der Waals surface area (Å²) in [6, 6.07) is 4.69.